The van der Waals surface area contributed by atoms with Gasteiger partial charge >= 0.3 is 23.9 Å². The Balaban J connectivity index is 2.58. The SMILES string of the molecule is COC(=O)C1=C[C@@H](C(=O)OC)[C@H]2C[C@@H]1[C@@H](C(=O)OC)C=C2C(=O)OC. The Morgan fingerprint density at radius 1 is 0.720 bits per heavy atom. The van der Waals surface area contributed by atoms with Crippen LogP contribution >= 0.6 is 0 Å². The van der Waals surface area contributed by atoms with Crippen LogP contribution in [0.15, 0.2) is 23.3 Å². The van der Waals surface area contributed by atoms with Gasteiger partial charge in [0.1, 0.15) is 0 Å². The molecule has 8 heteroatoms. The molecule has 0 aliphatic heterocycles. The highest BCUT2D eigenvalue weighted by atomic mass is 16.5. The Labute approximate surface area is 144 Å². The normalized spacial score (nSPS) is 27.4. The number of hydrogen-bond donors (Lipinski definition) is 0. The van der Waals surface area contributed by atoms with Crippen molar-refractivity contribution in [2.45, 2.75) is 6.42 Å². The summed E-state index contributed by atoms with van der Waals surface area (Å²) in [5, 5.41) is 0. The third-order valence-corrected chi connectivity index (χ3v) is 4.68. The number of carbonyl (C=O) groups excluding carboxylic acids is 4. The van der Waals surface area contributed by atoms with E-state index in [2.05, 4.69) is 0 Å². The smallest absolute Gasteiger partial charge is 0.333 e. The summed E-state index contributed by atoms with van der Waals surface area (Å²) < 4.78 is 19.1. The molecule has 2 aliphatic carbocycles. The molecule has 0 aromatic heterocycles. The van der Waals surface area contributed by atoms with E-state index in [1.165, 1.54) is 40.6 Å². The molecule has 4 atom stereocenters. The van der Waals surface area contributed by atoms with Gasteiger partial charge < -0.3 is 18.9 Å². The maximum absolute atomic E-state index is 12.2. The molecule has 25 heavy (non-hydrogen) atoms. The number of ether oxygens (including phenoxy) is 4. The van der Waals surface area contributed by atoms with Gasteiger partial charge in [-0.3, -0.25) is 9.59 Å². The minimum atomic E-state index is -0.848. The number of methoxy groups -OCH3 is 4. The average Bonchev–Trinajstić information content (AvgIpc) is 2.65. The summed E-state index contributed by atoms with van der Waals surface area (Å²) in [6, 6.07) is 0. The Kier molecular flexibility index (Phi) is 5.61. The van der Waals surface area contributed by atoms with Gasteiger partial charge in [-0.2, -0.15) is 0 Å². The van der Waals surface area contributed by atoms with E-state index in [0.717, 1.165) is 0 Å². The van der Waals surface area contributed by atoms with Crippen LogP contribution in [0.1, 0.15) is 6.42 Å². The van der Waals surface area contributed by atoms with Crippen molar-refractivity contribution in [3.05, 3.63) is 23.3 Å². The van der Waals surface area contributed by atoms with Gasteiger partial charge in [0.05, 0.1) is 40.3 Å². The van der Waals surface area contributed by atoms with Gasteiger partial charge in [0.2, 0.25) is 0 Å². The van der Waals surface area contributed by atoms with Crippen molar-refractivity contribution < 1.29 is 38.1 Å². The summed E-state index contributed by atoms with van der Waals surface area (Å²) in [6.07, 6.45) is 3.06. The summed E-state index contributed by atoms with van der Waals surface area (Å²) in [4.78, 5) is 48.6. The van der Waals surface area contributed by atoms with Gasteiger partial charge in [-0.05, 0) is 6.42 Å². The van der Waals surface area contributed by atoms with Crippen LogP contribution in [0.3, 0.4) is 0 Å². The first-order valence-electron chi connectivity index (χ1n) is 7.65. The van der Waals surface area contributed by atoms with Crippen molar-refractivity contribution in [1.82, 2.24) is 0 Å². The second-order valence-electron chi connectivity index (χ2n) is 5.77. The molecular formula is C17H20O8. The highest BCUT2D eigenvalue weighted by molar-refractivity contribution is 5.96. The van der Waals surface area contributed by atoms with Crippen LogP contribution in [0.25, 0.3) is 0 Å². The van der Waals surface area contributed by atoms with E-state index in [-0.39, 0.29) is 17.6 Å². The van der Waals surface area contributed by atoms with Crippen molar-refractivity contribution in [2.75, 3.05) is 28.4 Å². The summed E-state index contributed by atoms with van der Waals surface area (Å²) in [5.74, 6) is -5.26. The molecule has 2 bridgehead atoms. The standard InChI is InChI=1S/C17H20O8/c1-22-14(18)10-6-11(15(19)23-2)9-5-8(10)12(16(20)24-3)7-13(9)17(21)25-4/h6-10,13H,5H2,1-4H3/t8-,9+,10-,13+/m1/s1. The van der Waals surface area contributed by atoms with E-state index < -0.39 is 47.5 Å². The molecule has 0 saturated heterocycles. The van der Waals surface area contributed by atoms with E-state index in [4.69, 9.17) is 18.9 Å². The minimum Gasteiger partial charge on any atom is -0.469 e. The van der Waals surface area contributed by atoms with Gasteiger partial charge in [0.25, 0.3) is 0 Å². The topological polar surface area (TPSA) is 105 Å². The van der Waals surface area contributed by atoms with E-state index >= 15 is 0 Å². The van der Waals surface area contributed by atoms with Crippen molar-refractivity contribution in [3.63, 3.8) is 0 Å². The lowest BCUT2D eigenvalue weighted by molar-refractivity contribution is -0.148. The fourth-order valence-corrected chi connectivity index (χ4v) is 3.49. The lowest BCUT2D eigenvalue weighted by Crippen LogP contribution is -2.43. The molecule has 2 rings (SSSR count). The van der Waals surface area contributed by atoms with Gasteiger partial charge in [0.15, 0.2) is 0 Å². The average molecular weight is 352 g/mol. The highest BCUT2D eigenvalue weighted by Crippen LogP contribution is 2.47. The zero-order valence-corrected chi connectivity index (χ0v) is 14.4. The summed E-state index contributed by atoms with van der Waals surface area (Å²) in [7, 11) is 4.88. The van der Waals surface area contributed by atoms with E-state index in [0.29, 0.717) is 0 Å². The summed E-state index contributed by atoms with van der Waals surface area (Å²) in [5.41, 5.74) is 0.398. The van der Waals surface area contributed by atoms with Crippen molar-refractivity contribution >= 4 is 23.9 Å². The second kappa shape index (κ2) is 7.50. The molecule has 136 valence electrons. The van der Waals surface area contributed by atoms with Crippen LogP contribution in [-0.4, -0.2) is 52.3 Å². The molecule has 0 radical (unpaired) electrons. The Morgan fingerprint density at radius 2 is 1.08 bits per heavy atom. The van der Waals surface area contributed by atoms with Gasteiger partial charge in [-0.25, -0.2) is 9.59 Å². The molecule has 0 saturated carbocycles. The van der Waals surface area contributed by atoms with Crippen LogP contribution in [0.4, 0.5) is 0 Å². The molecule has 2 aliphatic rings. The molecule has 0 aromatic rings. The van der Waals surface area contributed by atoms with Gasteiger partial charge in [-0.15, -0.1) is 0 Å². The quantitative estimate of drug-likeness (QED) is 0.529. The molecule has 0 heterocycles. The Bertz CT molecular complexity index is 604. The molecule has 0 aromatic carbocycles. The minimum absolute atomic E-state index is 0.199. The number of fused-ring (bicyclic) bond motifs is 2. The van der Waals surface area contributed by atoms with Crippen LogP contribution in [-0.2, 0) is 38.1 Å². The number of carbonyl (C=O) groups is 4. The van der Waals surface area contributed by atoms with Crippen LogP contribution in [0.2, 0.25) is 0 Å². The van der Waals surface area contributed by atoms with Crippen molar-refractivity contribution in [2.24, 2.45) is 23.7 Å². The maximum atomic E-state index is 12.2. The number of esters is 4. The van der Waals surface area contributed by atoms with Crippen LogP contribution < -0.4 is 0 Å². The van der Waals surface area contributed by atoms with Gasteiger partial charge in [0, 0.05) is 23.0 Å². The predicted octanol–water partition coefficient (Wildman–Crippen LogP) is 0.413. The highest BCUT2D eigenvalue weighted by Gasteiger charge is 2.49. The first-order valence-corrected chi connectivity index (χ1v) is 7.65. The van der Waals surface area contributed by atoms with E-state index in [1.807, 2.05) is 0 Å². The number of rotatable bonds is 4. The molecule has 0 unspecified atom stereocenters. The molecular weight excluding hydrogens is 332 g/mol. The molecule has 0 spiro atoms. The van der Waals surface area contributed by atoms with E-state index in [9.17, 15) is 19.2 Å². The zero-order chi connectivity index (χ0) is 18.7. The first-order chi connectivity index (χ1) is 11.9. The first kappa shape index (κ1) is 18.7. The maximum Gasteiger partial charge on any atom is 0.333 e. The predicted molar refractivity (Wildman–Crippen MR) is 82.8 cm³/mol. The molecule has 0 N–H and O–H groups in total. The summed E-state index contributed by atoms with van der Waals surface area (Å²) in [6.45, 7) is 0. The molecule has 0 fully saturated rings. The lowest BCUT2D eigenvalue weighted by atomic mass is 9.63. The van der Waals surface area contributed by atoms with Crippen LogP contribution in [0.5, 0.6) is 0 Å². The monoisotopic (exact) mass is 352 g/mol. The Morgan fingerprint density at radius 3 is 1.36 bits per heavy atom. The zero-order valence-electron chi connectivity index (χ0n) is 14.4. The van der Waals surface area contributed by atoms with Gasteiger partial charge in [-0.1, -0.05) is 12.2 Å². The van der Waals surface area contributed by atoms with Crippen molar-refractivity contribution in [3.8, 4) is 0 Å². The largest absolute Gasteiger partial charge is 0.469 e. The van der Waals surface area contributed by atoms with Crippen LogP contribution in [0, 0.1) is 23.7 Å². The third kappa shape index (κ3) is 3.29. The number of hydrogen-bond acceptors (Lipinski definition) is 8. The van der Waals surface area contributed by atoms with Crippen molar-refractivity contribution in [1.29, 1.82) is 0 Å². The van der Waals surface area contributed by atoms with E-state index in [1.54, 1.807) is 0 Å². The fourth-order valence-electron chi connectivity index (χ4n) is 3.49. The second-order valence-corrected chi connectivity index (χ2v) is 5.77. The lowest BCUT2D eigenvalue weighted by Gasteiger charge is -2.40. The fraction of sp³-hybridized carbons (Fsp3) is 0.529. The Hall–Kier alpha value is -2.64. The molecule has 0 amide bonds. The summed E-state index contributed by atoms with van der Waals surface area (Å²) >= 11 is 0. The third-order valence-electron chi connectivity index (χ3n) is 4.68. The molecule has 8 nitrogen and oxygen atoms in total.